The Bertz CT molecular complexity index is 1240. The van der Waals surface area contributed by atoms with Crippen LogP contribution in [0.1, 0.15) is 12.8 Å². The molecule has 0 N–H and O–H groups in total. The lowest BCUT2D eigenvalue weighted by atomic mass is 9.97. The minimum atomic E-state index is -3.62. The average Bonchev–Trinajstić information content (AvgIpc) is 2.84. The third kappa shape index (κ3) is 5.17. The van der Waals surface area contributed by atoms with Gasteiger partial charge in [0.2, 0.25) is 15.9 Å². The molecule has 3 aromatic carbocycles. The number of carbonyl (C=O) groups is 1. The quantitative estimate of drug-likeness (QED) is 0.525. The van der Waals surface area contributed by atoms with Crippen LogP contribution in [0.25, 0.3) is 10.8 Å². The number of amides is 1. The van der Waals surface area contributed by atoms with Gasteiger partial charge in [-0.05, 0) is 47.9 Å². The molecule has 0 spiro atoms. The van der Waals surface area contributed by atoms with Gasteiger partial charge in [0.05, 0.1) is 11.4 Å². The van der Waals surface area contributed by atoms with Crippen molar-refractivity contribution >= 4 is 26.7 Å². The molecule has 0 radical (unpaired) electrons. The number of nitrogens with zero attached hydrogens (tertiary/aromatic N) is 2. The molecule has 1 aliphatic rings. The van der Waals surface area contributed by atoms with Gasteiger partial charge in [-0.2, -0.15) is 4.31 Å². The maximum atomic E-state index is 13.6. The number of likely N-dealkylation sites (N-methyl/N-ethyl adjacent to an activating group) is 1. The number of ether oxygens (including phenoxy) is 1. The molecular formula is C25H27FN2O4S. The molecule has 1 aliphatic heterocycles. The number of carbonyl (C=O) groups excluding carboxylic acids is 1. The first-order valence-electron chi connectivity index (χ1n) is 11.0. The molecule has 4 rings (SSSR count). The minimum absolute atomic E-state index is 0.0464. The maximum absolute atomic E-state index is 13.6. The van der Waals surface area contributed by atoms with Crippen molar-refractivity contribution in [2.75, 3.05) is 33.3 Å². The van der Waals surface area contributed by atoms with Crippen molar-refractivity contribution in [3.05, 3.63) is 72.5 Å². The summed E-state index contributed by atoms with van der Waals surface area (Å²) in [5.41, 5.74) is 0. The minimum Gasteiger partial charge on any atom is -0.489 e. The smallest absolute Gasteiger partial charge is 0.243 e. The summed E-state index contributed by atoms with van der Waals surface area (Å²) < 4.78 is 46.8. The van der Waals surface area contributed by atoms with Gasteiger partial charge < -0.3 is 9.64 Å². The molecule has 3 aromatic rings. The summed E-state index contributed by atoms with van der Waals surface area (Å²) >= 11 is 0. The molecule has 1 heterocycles. The van der Waals surface area contributed by atoms with Gasteiger partial charge in [0, 0.05) is 26.1 Å². The van der Waals surface area contributed by atoms with Gasteiger partial charge in [-0.3, -0.25) is 4.79 Å². The third-order valence-electron chi connectivity index (χ3n) is 6.06. The van der Waals surface area contributed by atoms with Crippen LogP contribution in [0, 0.1) is 11.7 Å². The van der Waals surface area contributed by atoms with Crippen LogP contribution in [0.2, 0.25) is 0 Å². The van der Waals surface area contributed by atoms with Gasteiger partial charge in [0.1, 0.15) is 6.61 Å². The Labute approximate surface area is 193 Å². The van der Waals surface area contributed by atoms with E-state index in [1.54, 1.807) is 42.3 Å². The van der Waals surface area contributed by atoms with Crippen LogP contribution in [-0.4, -0.2) is 56.8 Å². The van der Waals surface area contributed by atoms with E-state index in [2.05, 4.69) is 0 Å². The molecule has 0 unspecified atom stereocenters. The lowest BCUT2D eigenvalue weighted by molar-refractivity contribution is -0.135. The Balaban J connectivity index is 1.31. The van der Waals surface area contributed by atoms with E-state index in [4.69, 9.17) is 4.74 Å². The van der Waals surface area contributed by atoms with Crippen LogP contribution < -0.4 is 4.74 Å². The monoisotopic (exact) mass is 470 g/mol. The zero-order valence-electron chi connectivity index (χ0n) is 18.5. The number of para-hydroxylation sites is 1. The van der Waals surface area contributed by atoms with E-state index in [0.29, 0.717) is 32.5 Å². The Morgan fingerprint density at radius 3 is 2.42 bits per heavy atom. The molecule has 6 nitrogen and oxygen atoms in total. The first-order chi connectivity index (χ1) is 15.9. The molecule has 8 heteroatoms. The largest absolute Gasteiger partial charge is 0.489 e. The first-order valence-corrected chi connectivity index (χ1v) is 12.4. The molecule has 1 fully saturated rings. The Hall–Kier alpha value is -2.97. The number of sulfonamides is 1. The highest BCUT2D eigenvalue weighted by molar-refractivity contribution is 7.89. The zero-order valence-corrected chi connectivity index (χ0v) is 19.3. The molecule has 0 atom stereocenters. The van der Waals surface area contributed by atoms with Crippen LogP contribution in [-0.2, 0) is 14.8 Å². The summed E-state index contributed by atoms with van der Waals surface area (Å²) in [4.78, 5) is 14.6. The first kappa shape index (κ1) is 23.2. The van der Waals surface area contributed by atoms with Crippen LogP contribution in [0.5, 0.6) is 5.75 Å². The van der Waals surface area contributed by atoms with Gasteiger partial charge in [0.15, 0.2) is 11.6 Å². The molecule has 0 aromatic heterocycles. The number of halogens is 1. The van der Waals surface area contributed by atoms with E-state index in [-0.39, 0.29) is 29.1 Å². The highest BCUT2D eigenvalue weighted by Crippen LogP contribution is 2.27. The number of hydrogen-bond donors (Lipinski definition) is 0. The van der Waals surface area contributed by atoms with Gasteiger partial charge in [-0.1, -0.05) is 42.5 Å². The predicted octanol–water partition coefficient (Wildman–Crippen LogP) is 3.92. The third-order valence-corrected chi connectivity index (χ3v) is 7.95. The molecule has 1 saturated heterocycles. The fraction of sp³-hybridized carbons (Fsp3) is 0.320. The van der Waals surface area contributed by atoms with Crippen molar-refractivity contribution in [2.45, 2.75) is 17.7 Å². The average molecular weight is 471 g/mol. The Morgan fingerprint density at radius 2 is 1.70 bits per heavy atom. The molecule has 0 saturated carbocycles. The lowest BCUT2D eigenvalue weighted by Crippen LogP contribution is -2.44. The fourth-order valence-electron chi connectivity index (χ4n) is 4.10. The van der Waals surface area contributed by atoms with E-state index < -0.39 is 15.8 Å². The van der Waals surface area contributed by atoms with E-state index >= 15 is 0 Å². The molecule has 174 valence electrons. The van der Waals surface area contributed by atoms with Gasteiger partial charge in [-0.15, -0.1) is 0 Å². The standard InChI is InChI=1S/C25H27FN2O4S/c1-27(16-17-32-24-9-5-4-8-23(24)26)25(29)20-12-14-28(15-13-20)33(30,31)22-11-10-19-6-2-3-7-21(19)18-22/h2-11,18,20H,12-17H2,1H3. The second kappa shape index (κ2) is 9.89. The van der Waals surface area contributed by atoms with Gasteiger partial charge in [0.25, 0.3) is 0 Å². The summed E-state index contributed by atoms with van der Waals surface area (Å²) in [5.74, 6) is -0.571. The molecular weight excluding hydrogens is 443 g/mol. The molecule has 0 aliphatic carbocycles. The number of benzene rings is 3. The fourth-order valence-corrected chi connectivity index (χ4v) is 5.60. The number of rotatable bonds is 7. The predicted molar refractivity (Wildman–Crippen MR) is 125 cm³/mol. The number of hydrogen-bond acceptors (Lipinski definition) is 4. The zero-order chi connectivity index (χ0) is 23.4. The molecule has 1 amide bonds. The van der Waals surface area contributed by atoms with E-state index in [0.717, 1.165) is 10.8 Å². The highest BCUT2D eigenvalue weighted by Gasteiger charge is 2.33. The highest BCUT2D eigenvalue weighted by atomic mass is 32.2. The van der Waals surface area contributed by atoms with E-state index in [1.807, 2.05) is 30.3 Å². The van der Waals surface area contributed by atoms with E-state index in [9.17, 15) is 17.6 Å². The second-order valence-corrected chi connectivity index (χ2v) is 10.2. The normalized spacial score (nSPS) is 15.5. The topological polar surface area (TPSA) is 66.9 Å². The molecule has 0 bridgehead atoms. The van der Waals surface area contributed by atoms with Crippen LogP contribution in [0.4, 0.5) is 4.39 Å². The van der Waals surface area contributed by atoms with Crippen molar-refractivity contribution < 1.29 is 22.3 Å². The van der Waals surface area contributed by atoms with Gasteiger partial charge in [-0.25, -0.2) is 12.8 Å². The lowest BCUT2D eigenvalue weighted by Gasteiger charge is -2.32. The van der Waals surface area contributed by atoms with Crippen molar-refractivity contribution in [1.82, 2.24) is 9.21 Å². The summed E-state index contributed by atoms with van der Waals surface area (Å²) in [6.07, 6.45) is 0.925. The van der Waals surface area contributed by atoms with Crippen LogP contribution in [0.3, 0.4) is 0 Å². The van der Waals surface area contributed by atoms with Crippen molar-refractivity contribution in [3.8, 4) is 5.75 Å². The van der Waals surface area contributed by atoms with Crippen molar-refractivity contribution in [2.24, 2.45) is 5.92 Å². The summed E-state index contributed by atoms with van der Waals surface area (Å²) in [6, 6.07) is 18.9. The van der Waals surface area contributed by atoms with Crippen LogP contribution in [0.15, 0.2) is 71.6 Å². The Kier molecular flexibility index (Phi) is 6.95. The maximum Gasteiger partial charge on any atom is 0.243 e. The second-order valence-electron chi connectivity index (χ2n) is 8.23. The number of fused-ring (bicyclic) bond motifs is 1. The number of piperidine rings is 1. The van der Waals surface area contributed by atoms with E-state index in [1.165, 1.54) is 10.4 Å². The van der Waals surface area contributed by atoms with Crippen molar-refractivity contribution in [3.63, 3.8) is 0 Å². The van der Waals surface area contributed by atoms with Crippen molar-refractivity contribution in [1.29, 1.82) is 0 Å². The summed E-state index contributed by atoms with van der Waals surface area (Å²) in [7, 11) is -1.93. The molecule has 33 heavy (non-hydrogen) atoms. The summed E-state index contributed by atoms with van der Waals surface area (Å²) in [6.45, 7) is 1.09. The van der Waals surface area contributed by atoms with Crippen LogP contribution >= 0.6 is 0 Å². The SMILES string of the molecule is CN(CCOc1ccccc1F)C(=O)C1CCN(S(=O)(=O)c2ccc3ccccc3c2)CC1. The van der Waals surface area contributed by atoms with Gasteiger partial charge >= 0.3 is 0 Å². The summed E-state index contributed by atoms with van der Waals surface area (Å²) in [5, 5.41) is 1.87. The Morgan fingerprint density at radius 1 is 1.03 bits per heavy atom.